The monoisotopic (exact) mass is 360 g/mol. The zero-order valence-electron chi connectivity index (χ0n) is 15.0. The molecule has 0 spiro atoms. The number of aromatic nitrogens is 6. The predicted octanol–water partition coefficient (Wildman–Crippen LogP) is 2.36. The lowest BCUT2D eigenvalue weighted by Crippen LogP contribution is -2.11. The molecule has 0 radical (unpaired) electrons. The largest absolute Gasteiger partial charge is 0.302 e. The van der Waals surface area contributed by atoms with Crippen LogP contribution < -0.4 is 5.56 Å². The summed E-state index contributed by atoms with van der Waals surface area (Å²) in [6, 6.07) is 15.9. The van der Waals surface area contributed by atoms with Crippen LogP contribution in [0, 0.1) is 6.92 Å². The molecule has 0 bridgehead atoms. The van der Waals surface area contributed by atoms with Crippen LogP contribution in [0.5, 0.6) is 0 Å². The maximum absolute atomic E-state index is 12.0. The lowest BCUT2D eigenvalue weighted by atomic mass is 10.1. The fourth-order valence-corrected chi connectivity index (χ4v) is 3.02. The first-order valence-corrected chi connectivity index (χ1v) is 8.87. The fraction of sp³-hybridized carbons (Fsp3) is 0.200. The number of aryl methyl sites for hydroxylation is 3. The minimum atomic E-state index is -0.131. The summed E-state index contributed by atoms with van der Waals surface area (Å²) in [7, 11) is 0. The van der Waals surface area contributed by atoms with Crippen LogP contribution in [0.2, 0.25) is 0 Å². The summed E-state index contributed by atoms with van der Waals surface area (Å²) in [6.07, 6.45) is 3.69. The zero-order valence-corrected chi connectivity index (χ0v) is 15.0. The van der Waals surface area contributed by atoms with Crippen molar-refractivity contribution in [1.82, 2.24) is 29.9 Å². The molecule has 0 aliphatic heterocycles. The van der Waals surface area contributed by atoms with Crippen molar-refractivity contribution in [2.75, 3.05) is 0 Å². The number of hydrogen-bond donors (Lipinski definition) is 2. The van der Waals surface area contributed by atoms with Crippen molar-refractivity contribution in [2.45, 2.75) is 26.2 Å². The highest BCUT2D eigenvalue weighted by molar-refractivity contribution is 5.26. The van der Waals surface area contributed by atoms with Crippen molar-refractivity contribution in [2.24, 2.45) is 0 Å². The van der Waals surface area contributed by atoms with Crippen LogP contribution in [0.1, 0.15) is 28.5 Å². The number of benzene rings is 1. The number of hydrogen-bond acceptors (Lipinski definition) is 4. The van der Waals surface area contributed by atoms with Gasteiger partial charge in [0, 0.05) is 30.3 Å². The van der Waals surface area contributed by atoms with Gasteiger partial charge in [-0.25, -0.2) is 9.97 Å². The number of nitrogens with one attached hydrogen (secondary N) is 2. The second kappa shape index (κ2) is 7.41. The Hall–Kier alpha value is -3.48. The Morgan fingerprint density at radius 3 is 2.52 bits per heavy atom. The average molecular weight is 360 g/mol. The van der Waals surface area contributed by atoms with Crippen molar-refractivity contribution < 1.29 is 0 Å². The van der Waals surface area contributed by atoms with E-state index in [1.165, 1.54) is 5.56 Å². The minimum absolute atomic E-state index is 0.131. The summed E-state index contributed by atoms with van der Waals surface area (Å²) in [5, 5.41) is 10.1. The molecule has 136 valence electrons. The van der Waals surface area contributed by atoms with Gasteiger partial charge in [-0.05, 0) is 31.0 Å². The van der Waals surface area contributed by atoms with E-state index in [0.29, 0.717) is 23.6 Å². The highest BCUT2D eigenvalue weighted by atomic mass is 16.1. The standard InChI is InChI=1S/C20H20N6O/c1-14-16(20(27)24-23-14)13-19-22-17(11-10-15-7-3-2-4-8-15)25-26(19)18-9-5-6-12-21-18/h2-9,12H,10-11,13H2,1H3,(H2,23,24,27). The molecule has 3 aromatic heterocycles. The lowest BCUT2D eigenvalue weighted by molar-refractivity contribution is 0.767. The van der Waals surface area contributed by atoms with E-state index in [1.807, 2.05) is 43.3 Å². The minimum Gasteiger partial charge on any atom is -0.302 e. The van der Waals surface area contributed by atoms with Gasteiger partial charge in [-0.3, -0.25) is 9.89 Å². The van der Waals surface area contributed by atoms with E-state index in [4.69, 9.17) is 4.98 Å². The van der Waals surface area contributed by atoms with Crippen LogP contribution in [-0.4, -0.2) is 29.9 Å². The molecule has 27 heavy (non-hydrogen) atoms. The number of H-pyrrole nitrogens is 2. The SMILES string of the molecule is Cc1[nH][nH]c(=O)c1Cc1nc(CCc2ccccc2)nn1-c1ccccn1. The first-order chi connectivity index (χ1) is 13.2. The van der Waals surface area contributed by atoms with E-state index in [1.54, 1.807) is 10.9 Å². The molecule has 0 saturated carbocycles. The van der Waals surface area contributed by atoms with E-state index in [2.05, 4.69) is 32.4 Å². The third-order valence-corrected chi connectivity index (χ3v) is 4.49. The number of aromatic amines is 2. The molecule has 7 heteroatoms. The predicted molar refractivity (Wildman–Crippen MR) is 102 cm³/mol. The van der Waals surface area contributed by atoms with E-state index in [9.17, 15) is 4.79 Å². The van der Waals surface area contributed by atoms with Gasteiger partial charge >= 0.3 is 0 Å². The molecule has 7 nitrogen and oxygen atoms in total. The van der Waals surface area contributed by atoms with Gasteiger partial charge in [0.2, 0.25) is 0 Å². The summed E-state index contributed by atoms with van der Waals surface area (Å²) in [6.45, 7) is 1.87. The van der Waals surface area contributed by atoms with Crippen molar-refractivity contribution in [1.29, 1.82) is 0 Å². The van der Waals surface area contributed by atoms with Gasteiger partial charge in [0.1, 0.15) is 5.82 Å². The molecule has 2 N–H and O–H groups in total. The van der Waals surface area contributed by atoms with Gasteiger partial charge in [0.25, 0.3) is 5.56 Å². The second-order valence-corrected chi connectivity index (χ2v) is 6.39. The number of rotatable bonds is 6. The fourth-order valence-electron chi connectivity index (χ4n) is 3.02. The highest BCUT2D eigenvalue weighted by Crippen LogP contribution is 2.13. The molecule has 0 saturated heterocycles. The van der Waals surface area contributed by atoms with Crippen molar-refractivity contribution in [3.63, 3.8) is 0 Å². The van der Waals surface area contributed by atoms with Crippen molar-refractivity contribution in [3.05, 3.63) is 93.6 Å². The Balaban J connectivity index is 1.66. The van der Waals surface area contributed by atoms with Crippen LogP contribution in [0.3, 0.4) is 0 Å². The van der Waals surface area contributed by atoms with Gasteiger partial charge in [0.15, 0.2) is 11.6 Å². The highest BCUT2D eigenvalue weighted by Gasteiger charge is 2.16. The summed E-state index contributed by atoms with van der Waals surface area (Å²) in [4.78, 5) is 21.1. The van der Waals surface area contributed by atoms with Crippen LogP contribution in [-0.2, 0) is 19.3 Å². The molecule has 4 rings (SSSR count). The zero-order chi connectivity index (χ0) is 18.6. The summed E-state index contributed by atoms with van der Waals surface area (Å²) in [5.74, 6) is 2.13. The van der Waals surface area contributed by atoms with Gasteiger partial charge in [0.05, 0.1) is 0 Å². The number of nitrogens with zero attached hydrogens (tertiary/aromatic N) is 4. The van der Waals surface area contributed by atoms with E-state index < -0.39 is 0 Å². The molecule has 0 aliphatic carbocycles. The van der Waals surface area contributed by atoms with Crippen LogP contribution >= 0.6 is 0 Å². The van der Waals surface area contributed by atoms with Crippen LogP contribution in [0.15, 0.2) is 59.5 Å². The molecule has 0 unspecified atom stereocenters. The third-order valence-electron chi connectivity index (χ3n) is 4.49. The molecule has 0 aliphatic rings. The Morgan fingerprint density at radius 2 is 1.81 bits per heavy atom. The molecule has 1 aromatic carbocycles. The summed E-state index contributed by atoms with van der Waals surface area (Å²) < 4.78 is 1.73. The molecular weight excluding hydrogens is 340 g/mol. The Kier molecular flexibility index (Phi) is 4.65. The smallest absolute Gasteiger partial charge is 0.267 e. The van der Waals surface area contributed by atoms with E-state index in [-0.39, 0.29) is 5.56 Å². The molecular formula is C20H20N6O. The average Bonchev–Trinajstić information content (AvgIpc) is 3.26. The van der Waals surface area contributed by atoms with E-state index in [0.717, 1.165) is 24.4 Å². The van der Waals surface area contributed by atoms with Crippen molar-refractivity contribution >= 4 is 0 Å². The summed E-state index contributed by atoms with van der Waals surface area (Å²) >= 11 is 0. The Morgan fingerprint density at radius 1 is 1.00 bits per heavy atom. The first kappa shape index (κ1) is 17.0. The lowest BCUT2D eigenvalue weighted by Gasteiger charge is -2.03. The van der Waals surface area contributed by atoms with Crippen LogP contribution in [0.4, 0.5) is 0 Å². The molecule has 0 fully saturated rings. The number of pyridine rings is 1. The Bertz CT molecular complexity index is 1080. The van der Waals surface area contributed by atoms with Gasteiger partial charge < -0.3 is 5.10 Å². The van der Waals surface area contributed by atoms with Gasteiger partial charge in [-0.1, -0.05) is 36.4 Å². The Labute approximate surface area is 156 Å². The maximum Gasteiger partial charge on any atom is 0.267 e. The topological polar surface area (TPSA) is 92.3 Å². The van der Waals surface area contributed by atoms with Gasteiger partial charge in [-0.2, -0.15) is 4.68 Å². The molecule has 0 amide bonds. The molecule has 0 atom stereocenters. The quantitative estimate of drug-likeness (QED) is 0.552. The second-order valence-electron chi connectivity index (χ2n) is 6.39. The molecule has 3 heterocycles. The van der Waals surface area contributed by atoms with Gasteiger partial charge in [-0.15, -0.1) is 5.10 Å². The first-order valence-electron chi connectivity index (χ1n) is 8.87. The summed E-state index contributed by atoms with van der Waals surface area (Å²) in [5.41, 5.74) is 2.58. The van der Waals surface area contributed by atoms with Crippen molar-refractivity contribution in [3.8, 4) is 5.82 Å². The third kappa shape index (κ3) is 3.72. The maximum atomic E-state index is 12.0. The van der Waals surface area contributed by atoms with E-state index >= 15 is 0 Å². The normalized spacial score (nSPS) is 11.0. The van der Waals surface area contributed by atoms with Crippen LogP contribution in [0.25, 0.3) is 5.82 Å². The molecule has 4 aromatic rings.